The zero-order chi connectivity index (χ0) is 19.1. The third kappa shape index (κ3) is 5.39. The molecule has 0 aliphatic rings. The molecule has 26 heavy (non-hydrogen) atoms. The van der Waals surface area contributed by atoms with Gasteiger partial charge in [0.05, 0.1) is 23.4 Å². The number of hydrogen-bond donors (Lipinski definition) is 2. The molecule has 0 aliphatic carbocycles. The Balaban J connectivity index is 1.87. The largest absolute Gasteiger partial charge is 0.465 e. The SMILES string of the molecule is COC(=O)c1ccc(Cl)c(NCCC(=O)Nc2ccc(N(C)C)cc2)c1. The third-order valence-corrected chi connectivity index (χ3v) is 4.05. The third-order valence-electron chi connectivity index (χ3n) is 3.72. The summed E-state index contributed by atoms with van der Waals surface area (Å²) in [4.78, 5) is 25.6. The molecule has 0 aliphatic heterocycles. The van der Waals surface area contributed by atoms with Gasteiger partial charge in [-0.25, -0.2) is 4.79 Å². The molecule has 0 fully saturated rings. The Bertz CT molecular complexity index is 776. The Kier molecular flexibility index (Phi) is 6.86. The predicted octanol–water partition coefficient (Wildman–Crippen LogP) is 3.63. The lowest BCUT2D eigenvalue weighted by Crippen LogP contribution is -2.16. The van der Waals surface area contributed by atoms with Gasteiger partial charge in [-0.1, -0.05) is 11.6 Å². The number of halogens is 1. The molecule has 0 saturated carbocycles. The van der Waals surface area contributed by atoms with Crippen LogP contribution in [0.25, 0.3) is 0 Å². The second-order valence-corrected chi connectivity index (χ2v) is 6.26. The fourth-order valence-corrected chi connectivity index (χ4v) is 2.47. The monoisotopic (exact) mass is 375 g/mol. The van der Waals surface area contributed by atoms with Crippen molar-refractivity contribution in [3.63, 3.8) is 0 Å². The van der Waals surface area contributed by atoms with Crippen LogP contribution in [0.4, 0.5) is 17.1 Å². The molecule has 2 N–H and O–H groups in total. The number of benzene rings is 2. The summed E-state index contributed by atoms with van der Waals surface area (Å²) in [5.74, 6) is -0.557. The molecule has 0 heterocycles. The van der Waals surface area contributed by atoms with E-state index in [0.29, 0.717) is 22.8 Å². The second kappa shape index (κ2) is 9.10. The van der Waals surface area contributed by atoms with Crippen molar-refractivity contribution in [1.29, 1.82) is 0 Å². The lowest BCUT2D eigenvalue weighted by molar-refractivity contribution is -0.115. The molecule has 2 rings (SSSR count). The van der Waals surface area contributed by atoms with Gasteiger partial charge in [0.1, 0.15) is 0 Å². The van der Waals surface area contributed by atoms with Crippen LogP contribution in [0.5, 0.6) is 0 Å². The summed E-state index contributed by atoms with van der Waals surface area (Å²) in [5, 5.41) is 6.38. The number of rotatable bonds is 7. The van der Waals surface area contributed by atoms with Gasteiger partial charge in [-0.05, 0) is 42.5 Å². The van der Waals surface area contributed by atoms with E-state index in [1.807, 2.05) is 43.3 Å². The van der Waals surface area contributed by atoms with Crippen LogP contribution in [0.3, 0.4) is 0 Å². The zero-order valence-electron chi connectivity index (χ0n) is 15.0. The first-order chi connectivity index (χ1) is 12.4. The molecule has 0 spiro atoms. The van der Waals surface area contributed by atoms with E-state index in [9.17, 15) is 9.59 Å². The van der Waals surface area contributed by atoms with Crippen molar-refractivity contribution in [3.05, 3.63) is 53.1 Å². The van der Waals surface area contributed by atoms with Gasteiger partial charge in [0, 0.05) is 38.4 Å². The van der Waals surface area contributed by atoms with Crippen molar-refractivity contribution in [3.8, 4) is 0 Å². The number of anilines is 3. The fourth-order valence-electron chi connectivity index (χ4n) is 2.28. The highest BCUT2D eigenvalue weighted by atomic mass is 35.5. The van der Waals surface area contributed by atoms with E-state index >= 15 is 0 Å². The maximum absolute atomic E-state index is 12.1. The van der Waals surface area contributed by atoms with Crippen LogP contribution in [0.15, 0.2) is 42.5 Å². The Hall–Kier alpha value is -2.73. The molecule has 1 amide bonds. The van der Waals surface area contributed by atoms with E-state index in [1.165, 1.54) is 7.11 Å². The summed E-state index contributed by atoms with van der Waals surface area (Å²) in [6.45, 7) is 0.381. The fraction of sp³-hybridized carbons (Fsp3) is 0.263. The van der Waals surface area contributed by atoms with E-state index in [1.54, 1.807) is 18.2 Å². The first kappa shape index (κ1) is 19.6. The molecule has 2 aromatic carbocycles. The summed E-state index contributed by atoms with van der Waals surface area (Å²) in [6.07, 6.45) is 0.258. The highest BCUT2D eigenvalue weighted by molar-refractivity contribution is 6.33. The molecule has 0 bridgehead atoms. The zero-order valence-corrected chi connectivity index (χ0v) is 15.8. The topological polar surface area (TPSA) is 70.7 Å². The Morgan fingerprint density at radius 2 is 1.81 bits per heavy atom. The van der Waals surface area contributed by atoms with Gasteiger partial charge in [0.2, 0.25) is 5.91 Å². The normalized spacial score (nSPS) is 10.2. The molecule has 0 radical (unpaired) electrons. The van der Waals surface area contributed by atoms with Gasteiger partial charge in [-0.15, -0.1) is 0 Å². The van der Waals surface area contributed by atoms with Crippen LogP contribution in [0, 0.1) is 0 Å². The van der Waals surface area contributed by atoms with Gasteiger partial charge >= 0.3 is 5.97 Å². The number of amides is 1. The average Bonchev–Trinajstić information content (AvgIpc) is 2.63. The van der Waals surface area contributed by atoms with Crippen molar-refractivity contribution in [2.75, 3.05) is 43.3 Å². The van der Waals surface area contributed by atoms with Gasteiger partial charge < -0.3 is 20.3 Å². The minimum atomic E-state index is -0.441. The van der Waals surface area contributed by atoms with Crippen LogP contribution in [-0.4, -0.2) is 39.6 Å². The summed E-state index contributed by atoms with van der Waals surface area (Å²) in [7, 11) is 5.23. The van der Waals surface area contributed by atoms with Crippen LogP contribution in [0.2, 0.25) is 5.02 Å². The van der Waals surface area contributed by atoms with E-state index in [0.717, 1.165) is 11.4 Å². The lowest BCUT2D eigenvalue weighted by Gasteiger charge is -2.13. The summed E-state index contributed by atoms with van der Waals surface area (Å²) >= 11 is 6.11. The molecule has 0 saturated heterocycles. The number of methoxy groups -OCH3 is 1. The molecular weight excluding hydrogens is 354 g/mol. The lowest BCUT2D eigenvalue weighted by atomic mass is 10.2. The van der Waals surface area contributed by atoms with E-state index in [2.05, 4.69) is 15.4 Å². The van der Waals surface area contributed by atoms with Crippen molar-refractivity contribution >= 4 is 40.5 Å². The van der Waals surface area contributed by atoms with Crippen molar-refractivity contribution < 1.29 is 14.3 Å². The number of hydrogen-bond acceptors (Lipinski definition) is 5. The Morgan fingerprint density at radius 3 is 2.42 bits per heavy atom. The molecule has 7 heteroatoms. The van der Waals surface area contributed by atoms with Crippen LogP contribution >= 0.6 is 11.6 Å². The summed E-state index contributed by atoms with van der Waals surface area (Å²) in [6, 6.07) is 12.4. The highest BCUT2D eigenvalue weighted by Gasteiger charge is 2.09. The van der Waals surface area contributed by atoms with Gasteiger partial charge in [-0.2, -0.15) is 0 Å². The minimum absolute atomic E-state index is 0.115. The van der Waals surface area contributed by atoms with E-state index in [4.69, 9.17) is 11.6 Å². The van der Waals surface area contributed by atoms with Crippen molar-refractivity contribution in [2.45, 2.75) is 6.42 Å². The molecule has 0 unspecified atom stereocenters. The van der Waals surface area contributed by atoms with Crippen molar-refractivity contribution in [2.24, 2.45) is 0 Å². The van der Waals surface area contributed by atoms with E-state index < -0.39 is 5.97 Å². The number of carbonyl (C=O) groups is 2. The van der Waals surface area contributed by atoms with Crippen LogP contribution in [-0.2, 0) is 9.53 Å². The van der Waals surface area contributed by atoms with Gasteiger partial charge in [-0.3, -0.25) is 4.79 Å². The summed E-state index contributed by atoms with van der Waals surface area (Å²) < 4.78 is 4.69. The Morgan fingerprint density at radius 1 is 1.12 bits per heavy atom. The van der Waals surface area contributed by atoms with Crippen LogP contribution < -0.4 is 15.5 Å². The number of nitrogens with zero attached hydrogens (tertiary/aromatic N) is 1. The Labute approximate surface area is 158 Å². The van der Waals surface area contributed by atoms with E-state index in [-0.39, 0.29) is 12.3 Å². The molecule has 0 atom stereocenters. The average molecular weight is 376 g/mol. The first-order valence-corrected chi connectivity index (χ1v) is 8.47. The number of esters is 1. The smallest absolute Gasteiger partial charge is 0.337 e. The number of carbonyl (C=O) groups excluding carboxylic acids is 2. The minimum Gasteiger partial charge on any atom is -0.465 e. The van der Waals surface area contributed by atoms with Gasteiger partial charge in [0.25, 0.3) is 0 Å². The standard InChI is InChI=1S/C19H22ClN3O3/c1-23(2)15-7-5-14(6-8-15)22-18(24)10-11-21-17-12-13(19(25)26-3)4-9-16(17)20/h4-9,12,21H,10-11H2,1-3H3,(H,22,24). The predicted molar refractivity (Wildman–Crippen MR) is 105 cm³/mol. The quantitative estimate of drug-likeness (QED) is 0.723. The summed E-state index contributed by atoms with van der Waals surface area (Å²) in [5.41, 5.74) is 2.78. The molecule has 138 valence electrons. The molecule has 6 nitrogen and oxygen atoms in total. The maximum Gasteiger partial charge on any atom is 0.337 e. The molecule has 0 aromatic heterocycles. The number of ether oxygens (including phenoxy) is 1. The highest BCUT2D eigenvalue weighted by Crippen LogP contribution is 2.23. The van der Waals surface area contributed by atoms with Crippen molar-refractivity contribution in [1.82, 2.24) is 0 Å². The van der Waals surface area contributed by atoms with Gasteiger partial charge in [0.15, 0.2) is 0 Å². The van der Waals surface area contributed by atoms with Crippen LogP contribution in [0.1, 0.15) is 16.8 Å². The molecular formula is C19H22ClN3O3. The molecule has 2 aromatic rings. The second-order valence-electron chi connectivity index (χ2n) is 5.85. The first-order valence-electron chi connectivity index (χ1n) is 8.09. The number of nitrogens with one attached hydrogen (secondary N) is 2. The maximum atomic E-state index is 12.1.